The van der Waals surface area contributed by atoms with E-state index < -0.39 is 0 Å². The Bertz CT molecular complexity index is 572. The number of rotatable bonds is 4. The molecule has 1 N–H and O–H groups in total. The second-order valence-corrected chi connectivity index (χ2v) is 4.42. The summed E-state index contributed by atoms with van der Waals surface area (Å²) in [5.74, 6) is 0.301. The zero-order valence-electron chi connectivity index (χ0n) is 10.3. The Morgan fingerprint density at radius 1 is 1.32 bits per heavy atom. The van der Waals surface area contributed by atoms with Gasteiger partial charge in [0.15, 0.2) is 0 Å². The molecule has 0 bridgehead atoms. The van der Waals surface area contributed by atoms with Crippen LogP contribution in [0.2, 0.25) is 0 Å². The van der Waals surface area contributed by atoms with Crippen LogP contribution in [0.15, 0.2) is 41.3 Å². The van der Waals surface area contributed by atoms with Crippen LogP contribution in [-0.4, -0.2) is 22.5 Å². The fourth-order valence-electron chi connectivity index (χ4n) is 1.47. The van der Waals surface area contributed by atoms with Gasteiger partial charge in [-0.1, -0.05) is 12.1 Å². The van der Waals surface area contributed by atoms with Crippen molar-refractivity contribution in [2.24, 2.45) is 0 Å². The molecule has 0 unspecified atom stereocenters. The highest BCUT2D eigenvalue weighted by Crippen LogP contribution is 2.24. The van der Waals surface area contributed by atoms with E-state index in [0.29, 0.717) is 22.6 Å². The molecule has 19 heavy (non-hydrogen) atoms. The molecule has 1 amide bonds. The van der Waals surface area contributed by atoms with E-state index in [0.717, 1.165) is 0 Å². The molecule has 0 fully saturated rings. The minimum atomic E-state index is -0.327. The minimum Gasteiger partial charge on any atom is -0.492 e. The third kappa shape index (κ3) is 3.51. The standard InChI is InChI=1S/C13H12BrN3O2/c1-2-19-11-6-4-3-5-9(11)17-13(18)10-7-16-12(14)8-15-10/h3-8H,2H2,1H3,(H,17,18). The molecule has 0 aliphatic heterocycles. The number of hydrogen-bond acceptors (Lipinski definition) is 4. The predicted octanol–water partition coefficient (Wildman–Crippen LogP) is 2.89. The van der Waals surface area contributed by atoms with Crippen molar-refractivity contribution in [2.75, 3.05) is 11.9 Å². The highest BCUT2D eigenvalue weighted by atomic mass is 79.9. The number of nitrogens with zero attached hydrogens (tertiary/aromatic N) is 2. The van der Waals surface area contributed by atoms with Crippen molar-refractivity contribution in [3.05, 3.63) is 47.0 Å². The first-order chi connectivity index (χ1) is 9.20. The first kappa shape index (κ1) is 13.5. The Morgan fingerprint density at radius 3 is 2.79 bits per heavy atom. The lowest BCUT2D eigenvalue weighted by atomic mass is 10.3. The number of para-hydroxylation sites is 2. The van der Waals surface area contributed by atoms with Crippen molar-refractivity contribution < 1.29 is 9.53 Å². The third-order valence-electron chi connectivity index (χ3n) is 2.29. The van der Waals surface area contributed by atoms with Crippen LogP contribution in [0.1, 0.15) is 17.4 Å². The lowest BCUT2D eigenvalue weighted by Crippen LogP contribution is -2.14. The Morgan fingerprint density at radius 2 is 2.11 bits per heavy atom. The highest BCUT2D eigenvalue weighted by molar-refractivity contribution is 9.10. The minimum absolute atomic E-state index is 0.245. The number of nitrogens with one attached hydrogen (secondary N) is 1. The van der Waals surface area contributed by atoms with Crippen molar-refractivity contribution in [3.63, 3.8) is 0 Å². The summed E-state index contributed by atoms with van der Waals surface area (Å²) < 4.78 is 6.02. The Balaban J connectivity index is 2.16. The topological polar surface area (TPSA) is 64.1 Å². The van der Waals surface area contributed by atoms with Crippen molar-refractivity contribution in [1.29, 1.82) is 0 Å². The fraction of sp³-hybridized carbons (Fsp3) is 0.154. The summed E-state index contributed by atoms with van der Waals surface area (Å²) in [6.07, 6.45) is 2.88. The zero-order valence-corrected chi connectivity index (χ0v) is 11.8. The summed E-state index contributed by atoms with van der Waals surface area (Å²) in [6, 6.07) is 7.24. The molecule has 0 atom stereocenters. The van der Waals surface area contributed by atoms with Gasteiger partial charge in [0.1, 0.15) is 16.0 Å². The van der Waals surface area contributed by atoms with Gasteiger partial charge in [0.05, 0.1) is 24.7 Å². The normalized spacial score (nSPS) is 10.0. The van der Waals surface area contributed by atoms with Gasteiger partial charge in [-0.2, -0.15) is 0 Å². The molecule has 1 aromatic heterocycles. The molecular formula is C13H12BrN3O2. The molecule has 1 aromatic carbocycles. The quantitative estimate of drug-likeness (QED) is 0.940. The largest absolute Gasteiger partial charge is 0.492 e. The molecule has 0 spiro atoms. The molecule has 0 radical (unpaired) electrons. The van der Waals surface area contributed by atoms with Gasteiger partial charge in [-0.25, -0.2) is 9.97 Å². The molecule has 1 heterocycles. The summed E-state index contributed by atoms with van der Waals surface area (Å²) in [5, 5.41) is 2.75. The lowest BCUT2D eigenvalue weighted by Gasteiger charge is -2.10. The zero-order chi connectivity index (χ0) is 13.7. The average Bonchev–Trinajstić information content (AvgIpc) is 2.42. The first-order valence-electron chi connectivity index (χ1n) is 5.71. The van der Waals surface area contributed by atoms with Crippen molar-refractivity contribution in [3.8, 4) is 5.75 Å². The second-order valence-electron chi connectivity index (χ2n) is 3.61. The van der Waals surface area contributed by atoms with Gasteiger partial charge in [0, 0.05) is 0 Å². The number of anilines is 1. The van der Waals surface area contributed by atoms with Crippen molar-refractivity contribution in [2.45, 2.75) is 6.92 Å². The van der Waals surface area contributed by atoms with E-state index in [-0.39, 0.29) is 11.6 Å². The Labute approximate surface area is 119 Å². The van der Waals surface area contributed by atoms with Crippen molar-refractivity contribution in [1.82, 2.24) is 9.97 Å². The van der Waals surface area contributed by atoms with E-state index in [1.165, 1.54) is 12.4 Å². The summed E-state index contributed by atoms with van der Waals surface area (Å²) in [4.78, 5) is 19.9. The molecule has 0 saturated carbocycles. The number of carbonyl (C=O) groups is 1. The van der Waals surface area contributed by atoms with Gasteiger partial charge in [-0.15, -0.1) is 0 Å². The molecule has 2 aromatic rings. The number of amides is 1. The molecule has 6 heteroatoms. The highest BCUT2D eigenvalue weighted by Gasteiger charge is 2.11. The van der Waals surface area contributed by atoms with Gasteiger partial charge in [0.2, 0.25) is 0 Å². The number of hydrogen-bond donors (Lipinski definition) is 1. The van der Waals surface area contributed by atoms with E-state index in [1.807, 2.05) is 19.1 Å². The van der Waals surface area contributed by atoms with Gasteiger partial charge in [-0.05, 0) is 35.0 Å². The summed E-state index contributed by atoms with van der Waals surface area (Å²) in [5.41, 5.74) is 0.855. The average molecular weight is 322 g/mol. The number of benzene rings is 1. The lowest BCUT2D eigenvalue weighted by molar-refractivity contribution is 0.102. The maximum Gasteiger partial charge on any atom is 0.275 e. The second kappa shape index (κ2) is 6.29. The van der Waals surface area contributed by atoms with Gasteiger partial charge < -0.3 is 10.1 Å². The smallest absolute Gasteiger partial charge is 0.275 e. The molecule has 0 saturated heterocycles. The fourth-order valence-corrected chi connectivity index (χ4v) is 1.67. The molecule has 2 rings (SSSR count). The first-order valence-corrected chi connectivity index (χ1v) is 6.50. The molecule has 0 aliphatic carbocycles. The monoisotopic (exact) mass is 321 g/mol. The molecular weight excluding hydrogens is 310 g/mol. The van der Waals surface area contributed by atoms with E-state index in [4.69, 9.17) is 4.74 Å². The van der Waals surface area contributed by atoms with E-state index >= 15 is 0 Å². The number of aromatic nitrogens is 2. The Kier molecular flexibility index (Phi) is 4.46. The third-order valence-corrected chi connectivity index (χ3v) is 2.70. The summed E-state index contributed by atoms with van der Waals surface area (Å²) in [6.45, 7) is 2.42. The predicted molar refractivity (Wildman–Crippen MR) is 75.3 cm³/mol. The van der Waals surface area contributed by atoms with Crippen LogP contribution in [0, 0.1) is 0 Å². The van der Waals surface area contributed by atoms with Crippen molar-refractivity contribution >= 4 is 27.5 Å². The van der Waals surface area contributed by atoms with E-state index in [2.05, 4.69) is 31.2 Å². The van der Waals surface area contributed by atoms with Crippen LogP contribution in [-0.2, 0) is 0 Å². The van der Waals surface area contributed by atoms with Crippen LogP contribution in [0.3, 0.4) is 0 Å². The maximum absolute atomic E-state index is 12.0. The van der Waals surface area contributed by atoms with Crippen LogP contribution < -0.4 is 10.1 Å². The summed E-state index contributed by atoms with van der Waals surface area (Å²) in [7, 11) is 0. The Hall–Kier alpha value is -1.95. The number of carbonyl (C=O) groups excluding carboxylic acids is 1. The summed E-state index contributed by atoms with van der Waals surface area (Å²) >= 11 is 3.17. The molecule has 0 aliphatic rings. The van der Waals surface area contributed by atoms with Crippen LogP contribution >= 0.6 is 15.9 Å². The van der Waals surface area contributed by atoms with Crippen LogP contribution in [0.4, 0.5) is 5.69 Å². The SMILES string of the molecule is CCOc1ccccc1NC(=O)c1cnc(Br)cn1. The van der Waals surface area contributed by atoms with Gasteiger partial charge >= 0.3 is 0 Å². The number of halogens is 1. The maximum atomic E-state index is 12.0. The van der Waals surface area contributed by atoms with E-state index in [1.54, 1.807) is 12.1 Å². The van der Waals surface area contributed by atoms with Gasteiger partial charge in [-0.3, -0.25) is 4.79 Å². The molecule has 98 valence electrons. The van der Waals surface area contributed by atoms with Gasteiger partial charge in [0.25, 0.3) is 5.91 Å². The van der Waals surface area contributed by atoms with Crippen LogP contribution in [0.25, 0.3) is 0 Å². The van der Waals surface area contributed by atoms with Crippen LogP contribution in [0.5, 0.6) is 5.75 Å². The van der Waals surface area contributed by atoms with E-state index in [9.17, 15) is 4.79 Å². The number of ether oxygens (including phenoxy) is 1. The molecule has 5 nitrogen and oxygen atoms in total.